The highest BCUT2D eigenvalue weighted by Gasteiger charge is 2.26. The van der Waals surface area contributed by atoms with E-state index in [1.54, 1.807) is 12.1 Å². The van der Waals surface area contributed by atoms with Crippen molar-refractivity contribution in [2.24, 2.45) is 5.73 Å². The zero-order chi connectivity index (χ0) is 13.9. The highest BCUT2D eigenvalue weighted by atomic mass is 19.1. The first-order valence-corrected chi connectivity index (χ1v) is 6.61. The number of nitrogens with two attached hydrogens (primary N) is 1. The van der Waals surface area contributed by atoms with Crippen LogP contribution in [0.15, 0.2) is 48.5 Å². The summed E-state index contributed by atoms with van der Waals surface area (Å²) in [6, 6.07) is 13.7. The number of hydrogen-bond donors (Lipinski definition) is 1. The Kier molecular flexibility index (Phi) is 3.56. The first-order chi connectivity index (χ1) is 9.72. The molecule has 2 atom stereocenters. The molecule has 0 aliphatic carbocycles. The van der Waals surface area contributed by atoms with Gasteiger partial charge in [0.1, 0.15) is 18.5 Å². The Morgan fingerprint density at radius 1 is 1.10 bits per heavy atom. The van der Waals surface area contributed by atoms with E-state index in [0.717, 1.165) is 17.1 Å². The molecule has 20 heavy (non-hydrogen) atoms. The molecule has 2 aromatic rings. The molecule has 0 fully saturated rings. The Hall–Kier alpha value is -2.07. The number of halogens is 1. The average molecular weight is 273 g/mol. The van der Waals surface area contributed by atoms with Gasteiger partial charge in [-0.2, -0.15) is 0 Å². The van der Waals surface area contributed by atoms with Crippen molar-refractivity contribution < 1.29 is 13.9 Å². The predicted octanol–water partition coefficient (Wildman–Crippen LogP) is 2.54. The van der Waals surface area contributed by atoms with E-state index in [4.69, 9.17) is 15.2 Å². The van der Waals surface area contributed by atoms with Gasteiger partial charge in [0, 0.05) is 6.04 Å². The van der Waals surface area contributed by atoms with Gasteiger partial charge >= 0.3 is 0 Å². The van der Waals surface area contributed by atoms with E-state index >= 15 is 0 Å². The predicted molar refractivity (Wildman–Crippen MR) is 74.4 cm³/mol. The van der Waals surface area contributed by atoms with E-state index in [0.29, 0.717) is 13.0 Å². The van der Waals surface area contributed by atoms with Gasteiger partial charge < -0.3 is 15.2 Å². The molecule has 0 radical (unpaired) electrons. The zero-order valence-electron chi connectivity index (χ0n) is 11.0. The van der Waals surface area contributed by atoms with Crippen LogP contribution in [0.4, 0.5) is 4.39 Å². The van der Waals surface area contributed by atoms with E-state index < -0.39 is 0 Å². The summed E-state index contributed by atoms with van der Waals surface area (Å²) in [4.78, 5) is 0. The molecule has 0 aromatic heterocycles. The quantitative estimate of drug-likeness (QED) is 0.934. The molecular weight excluding hydrogens is 257 g/mol. The van der Waals surface area contributed by atoms with Crippen molar-refractivity contribution in [1.29, 1.82) is 0 Å². The monoisotopic (exact) mass is 273 g/mol. The summed E-state index contributed by atoms with van der Waals surface area (Å²) in [5.74, 6) is 1.23. The van der Waals surface area contributed by atoms with Crippen molar-refractivity contribution in [2.45, 2.75) is 18.6 Å². The van der Waals surface area contributed by atoms with Gasteiger partial charge in [0.05, 0.1) is 0 Å². The van der Waals surface area contributed by atoms with Crippen LogP contribution in [0.5, 0.6) is 11.5 Å². The summed E-state index contributed by atoms with van der Waals surface area (Å²) in [5, 5.41) is 0. The third kappa shape index (κ3) is 2.75. The summed E-state index contributed by atoms with van der Waals surface area (Å²) in [6.45, 7) is 0.430. The minimum Gasteiger partial charge on any atom is -0.486 e. The summed E-state index contributed by atoms with van der Waals surface area (Å²) < 4.78 is 24.4. The van der Waals surface area contributed by atoms with Gasteiger partial charge in [-0.1, -0.05) is 24.3 Å². The van der Waals surface area contributed by atoms with Gasteiger partial charge in [0.2, 0.25) is 0 Å². The highest BCUT2D eigenvalue weighted by Crippen LogP contribution is 2.31. The molecule has 0 saturated carbocycles. The lowest BCUT2D eigenvalue weighted by Gasteiger charge is -2.30. The van der Waals surface area contributed by atoms with Crippen molar-refractivity contribution in [1.82, 2.24) is 0 Å². The molecular formula is C16H16FNO2. The number of fused-ring (bicyclic) bond motifs is 1. The van der Waals surface area contributed by atoms with E-state index in [9.17, 15) is 4.39 Å². The Morgan fingerprint density at radius 3 is 2.55 bits per heavy atom. The van der Waals surface area contributed by atoms with Crippen molar-refractivity contribution in [2.75, 3.05) is 6.61 Å². The number of benzene rings is 2. The fraction of sp³-hybridized carbons (Fsp3) is 0.250. The van der Waals surface area contributed by atoms with E-state index in [1.165, 1.54) is 12.1 Å². The molecule has 0 spiro atoms. The highest BCUT2D eigenvalue weighted by molar-refractivity contribution is 5.40. The Morgan fingerprint density at radius 2 is 1.80 bits per heavy atom. The minimum absolute atomic E-state index is 0.199. The zero-order valence-corrected chi connectivity index (χ0v) is 11.0. The van der Waals surface area contributed by atoms with Gasteiger partial charge in [0.15, 0.2) is 11.5 Å². The third-order valence-corrected chi connectivity index (χ3v) is 3.39. The van der Waals surface area contributed by atoms with Crippen LogP contribution in [-0.4, -0.2) is 18.8 Å². The molecule has 0 amide bonds. The molecule has 104 valence electrons. The molecule has 2 N–H and O–H groups in total. The molecule has 0 saturated heterocycles. The standard InChI is InChI=1S/C16H16FNO2/c17-12-7-5-11(6-8-12)9-13(18)16-10-19-14-3-1-2-4-15(14)20-16/h1-8,13,16H,9-10,18H2/t13-,16+/m0/s1. The summed E-state index contributed by atoms with van der Waals surface area (Å²) in [7, 11) is 0. The molecule has 1 heterocycles. The largest absolute Gasteiger partial charge is 0.486 e. The van der Waals surface area contributed by atoms with E-state index in [2.05, 4.69) is 0 Å². The van der Waals surface area contributed by atoms with Crippen LogP contribution >= 0.6 is 0 Å². The maximum atomic E-state index is 12.9. The number of rotatable bonds is 3. The van der Waals surface area contributed by atoms with Crippen molar-refractivity contribution in [3.05, 3.63) is 59.9 Å². The van der Waals surface area contributed by atoms with Gasteiger partial charge in [-0.25, -0.2) is 4.39 Å². The first kappa shape index (κ1) is 12.9. The third-order valence-electron chi connectivity index (χ3n) is 3.39. The molecule has 3 nitrogen and oxygen atoms in total. The van der Waals surface area contributed by atoms with Crippen LogP contribution in [0.2, 0.25) is 0 Å². The van der Waals surface area contributed by atoms with Crippen molar-refractivity contribution in [3.63, 3.8) is 0 Å². The maximum absolute atomic E-state index is 12.9. The number of ether oxygens (including phenoxy) is 2. The van der Waals surface area contributed by atoms with Gasteiger partial charge in [-0.3, -0.25) is 0 Å². The second-order valence-electron chi connectivity index (χ2n) is 4.91. The molecule has 2 aromatic carbocycles. The Bertz CT molecular complexity index is 585. The van der Waals surface area contributed by atoms with E-state index in [-0.39, 0.29) is 18.0 Å². The SMILES string of the molecule is N[C@@H](Cc1ccc(F)cc1)[C@H]1COc2ccccc2O1. The number of hydrogen-bond acceptors (Lipinski definition) is 3. The summed E-state index contributed by atoms with van der Waals surface area (Å²) >= 11 is 0. The fourth-order valence-electron chi connectivity index (χ4n) is 2.27. The molecule has 1 aliphatic heterocycles. The van der Waals surface area contributed by atoms with Crippen LogP contribution in [0.25, 0.3) is 0 Å². The van der Waals surface area contributed by atoms with Gasteiger partial charge in [-0.05, 0) is 36.2 Å². The average Bonchev–Trinajstić information content (AvgIpc) is 2.49. The van der Waals surface area contributed by atoms with Crippen LogP contribution in [0, 0.1) is 5.82 Å². The Labute approximate surface area is 117 Å². The number of para-hydroxylation sites is 2. The van der Waals surface area contributed by atoms with Crippen molar-refractivity contribution in [3.8, 4) is 11.5 Å². The summed E-state index contributed by atoms with van der Waals surface area (Å²) in [6.07, 6.45) is 0.422. The van der Waals surface area contributed by atoms with Crippen molar-refractivity contribution >= 4 is 0 Å². The van der Waals surface area contributed by atoms with Crippen LogP contribution < -0.4 is 15.2 Å². The lowest BCUT2D eigenvalue weighted by molar-refractivity contribution is 0.0723. The smallest absolute Gasteiger partial charge is 0.161 e. The van der Waals surface area contributed by atoms with Crippen LogP contribution in [-0.2, 0) is 6.42 Å². The van der Waals surface area contributed by atoms with Gasteiger partial charge in [-0.15, -0.1) is 0 Å². The van der Waals surface area contributed by atoms with E-state index in [1.807, 2.05) is 24.3 Å². The maximum Gasteiger partial charge on any atom is 0.161 e. The first-order valence-electron chi connectivity index (χ1n) is 6.61. The van der Waals surface area contributed by atoms with Crippen LogP contribution in [0.3, 0.4) is 0 Å². The summed E-state index contributed by atoms with van der Waals surface area (Å²) in [5.41, 5.74) is 7.16. The molecule has 0 bridgehead atoms. The molecule has 3 rings (SSSR count). The minimum atomic E-state index is -0.242. The second kappa shape index (κ2) is 5.51. The molecule has 0 unspecified atom stereocenters. The lowest BCUT2D eigenvalue weighted by atomic mass is 10.0. The topological polar surface area (TPSA) is 44.5 Å². The normalized spacial score (nSPS) is 18.6. The lowest BCUT2D eigenvalue weighted by Crippen LogP contribution is -2.46. The molecule has 4 heteroatoms. The van der Waals surface area contributed by atoms with Gasteiger partial charge in [0.25, 0.3) is 0 Å². The second-order valence-corrected chi connectivity index (χ2v) is 4.91. The molecule has 1 aliphatic rings. The van der Waals surface area contributed by atoms with Crippen LogP contribution in [0.1, 0.15) is 5.56 Å². The fourth-order valence-corrected chi connectivity index (χ4v) is 2.27. The Balaban J connectivity index is 1.67.